The van der Waals surface area contributed by atoms with Crippen LogP contribution < -0.4 is 0 Å². The van der Waals surface area contributed by atoms with E-state index in [1.54, 1.807) is 39.8 Å². The first-order chi connectivity index (χ1) is 15.6. The normalized spacial score (nSPS) is 32.4. The van der Waals surface area contributed by atoms with Gasteiger partial charge in [0.1, 0.15) is 5.60 Å². The van der Waals surface area contributed by atoms with E-state index in [9.17, 15) is 15.0 Å². The van der Waals surface area contributed by atoms with Gasteiger partial charge in [0.2, 0.25) is 0 Å². The molecule has 0 spiro atoms. The highest BCUT2D eigenvalue weighted by Gasteiger charge is 2.44. The van der Waals surface area contributed by atoms with Crippen LogP contribution in [-0.4, -0.2) is 34.0 Å². The van der Waals surface area contributed by atoms with E-state index < -0.39 is 36.5 Å². The zero-order valence-electron chi connectivity index (χ0n) is 22.9. The number of fused-ring (bicyclic) bond motifs is 1. The van der Waals surface area contributed by atoms with Gasteiger partial charge in [0.15, 0.2) is 0 Å². The summed E-state index contributed by atoms with van der Waals surface area (Å²) >= 11 is 0. The molecule has 0 aromatic carbocycles. The van der Waals surface area contributed by atoms with Crippen molar-refractivity contribution >= 4 is 5.97 Å². The number of carbonyl (C=O) groups is 1. The molecule has 2 aliphatic rings. The van der Waals surface area contributed by atoms with E-state index in [-0.39, 0.29) is 30.1 Å². The lowest BCUT2D eigenvalue weighted by molar-refractivity contribution is -0.154. The first-order valence-corrected chi connectivity index (χ1v) is 10.9. The zero-order valence-corrected chi connectivity index (χ0v) is 18.9. The summed E-state index contributed by atoms with van der Waals surface area (Å²) in [7, 11) is 0. The monoisotopic (exact) mass is 420 g/mol. The number of aliphatic hydroxyl groups is 2. The summed E-state index contributed by atoms with van der Waals surface area (Å²) in [5.74, 6) is 5.00. The van der Waals surface area contributed by atoms with Gasteiger partial charge in [-0.15, -0.1) is 11.8 Å². The molecular formula is C26H40O4. The first kappa shape index (κ1) is 19.1. The quantitative estimate of drug-likeness (QED) is 0.336. The Bertz CT molecular complexity index is 847. The number of carbonyl (C=O) groups excluding carboxylic acids is 1. The molecule has 2 fully saturated rings. The molecule has 2 aliphatic carbocycles. The highest BCUT2D eigenvalue weighted by atomic mass is 16.6. The first-order valence-electron chi connectivity index (χ1n) is 12.9. The minimum absolute atomic E-state index is 0.000654. The van der Waals surface area contributed by atoms with Crippen molar-refractivity contribution in [3.63, 3.8) is 0 Å². The Morgan fingerprint density at radius 2 is 2.13 bits per heavy atom. The number of allylic oxidation sites excluding steroid dienone is 2. The molecule has 0 aromatic rings. The second-order valence-electron chi connectivity index (χ2n) is 9.57. The van der Waals surface area contributed by atoms with Crippen molar-refractivity contribution in [2.45, 2.75) is 97.3 Å². The molecule has 4 nitrogen and oxygen atoms in total. The lowest BCUT2D eigenvalue weighted by Gasteiger charge is -2.19. The van der Waals surface area contributed by atoms with Crippen LogP contribution in [0.1, 0.15) is 85.0 Å². The number of aliphatic hydroxyl groups excluding tert-OH is 2. The molecule has 0 heterocycles. The fourth-order valence-electron chi connectivity index (χ4n) is 4.38. The van der Waals surface area contributed by atoms with Gasteiger partial charge in [0, 0.05) is 24.2 Å². The Kier molecular flexibility index (Phi) is 7.12. The van der Waals surface area contributed by atoms with Gasteiger partial charge in [0.05, 0.1) is 12.2 Å². The number of esters is 1. The van der Waals surface area contributed by atoms with Gasteiger partial charge < -0.3 is 14.9 Å². The van der Waals surface area contributed by atoms with Crippen molar-refractivity contribution in [2.24, 2.45) is 23.7 Å². The third-order valence-electron chi connectivity index (χ3n) is 5.91. The van der Waals surface area contributed by atoms with Crippen molar-refractivity contribution in [1.29, 1.82) is 0 Å². The number of hydrogen-bond donors (Lipinski definition) is 2. The molecule has 0 saturated heterocycles. The average molecular weight is 421 g/mol. The van der Waals surface area contributed by atoms with E-state index in [0.717, 1.165) is 12.0 Å². The number of rotatable bonds is 8. The van der Waals surface area contributed by atoms with E-state index in [1.165, 1.54) is 0 Å². The largest absolute Gasteiger partial charge is 0.460 e. The van der Waals surface area contributed by atoms with E-state index in [2.05, 4.69) is 11.8 Å². The fraction of sp³-hybridized carbons (Fsp3) is 0.731. The minimum Gasteiger partial charge on any atom is -0.460 e. The van der Waals surface area contributed by atoms with Crippen LogP contribution in [0.25, 0.3) is 0 Å². The molecule has 30 heavy (non-hydrogen) atoms. The molecule has 0 bridgehead atoms. The van der Waals surface area contributed by atoms with Gasteiger partial charge in [0.25, 0.3) is 0 Å². The van der Waals surface area contributed by atoms with E-state index in [1.807, 2.05) is 13.0 Å². The molecule has 6 atom stereocenters. The Hall–Kier alpha value is -1.57. The maximum Gasteiger partial charge on any atom is 0.306 e. The predicted molar refractivity (Wildman–Crippen MR) is 120 cm³/mol. The second-order valence-corrected chi connectivity index (χ2v) is 9.57. The third-order valence-corrected chi connectivity index (χ3v) is 5.91. The minimum atomic E-state index is -2.78. The van der Waals surface area contributed by atoms with Crippen LogP contribution in [0, 0.1) is 35.5 Å². The molecule has 0 aromatic heterocycles. The Balaban J connectivity index is 2.04. The maximum atomic E-state index is 12.3. The molecule has 1 unspecified atom stereocenters. The maximum absolute atomic E-state index is 12.3. The van der Waals surface area contributed by atoms with E-state index >= 15 is 0 Å². The van der Waals surface area contributed by atoms with E-state index in [4.69, 9.17) is 10.2 Å². The summed E-state index contributed by atoms with van der Waals surface area (Å²) < 4.78 is 37.7. The summed E-state index contributed by atoms with van der Waals surface area (Å²) in [6.07, 6.45) is 1.53. The van der Waals surface area contributed by atoms with Crippen LogP contribution in [-0.2, 0) is 9.53 Å². The van der Waals surface area contributed by atoms with Crippen LogP contribution >= 0.6 is 0 Å². The van der Waals surface area contributed by atoms with Crippen LogP contribution in [0.5, 0.6) is 0 Å². The highest BCUT2D eigenvalue weighted by molar-refractivity contribution is 5.69. The third kappa shape index (κ3) is 7.60. The summed E-state index contributed by atoms with van der Waals surface area (Å²) in [5, 5.41) is 20.9. The van der Waals surface area contributed by atoms with Crippen molar-refractivity contribution in [2.75, 3.05) is 0 Å². The molecule has 0 aliphatic heterocycles. The molecule has 2 N–H and O–H groups in total. The lowest BCUT2D eigenvalue weighted by Crippen LogP contribution is -2.23. The highest BCUT2D eigenvalue weighted by Crippen LogP contribution is 2.50. The molecule has 168 valence electrons. The molecule has 2 saturated carbocycles. The van der Waals surface area contributed by atoms with Crippen molar-refractivity contribution < 1.29 is 25.2 Å². The SMILES string of the molecule is [2H]C([2H])(C/C=C1\C[C@H]2C[C@@H](O)[C@H](/C=C/[C@@H](O)C(C)CC#CC)[C@H]2C1)C([2H])([2H])C(=O)OC(C)(C)C. The van der Waals surface area contributed by atoms with E-state index in [0.29, 0.717) is 19.3 Å². The van der Waals surface area contributed by atoms with Gasteiger partial charge in [-0.25, -0.2) is 0 Å². The van der Waals surface area contributed by atoms with Gasteiger partial charge in [-0.3, -0.25) is 4.79 Å². The predicted octanol–water partition coefficient (Wildman–Crippen LogP) is 4.80. The average Bonchev–Trinajstić information content (AvgIpc) is 3.23. The summed E-state index contributed by atoms with van der Waals surface area (Å²) in [4.78, 5) is 12.3. The smallest absolute Gasteiger partial charge is 0.306 e. The molecule has 0 amide bonds. The van der Waals surface area contributed by atoms with Gasteiger partial charge in [-0.2, -0.15) is 0 Å². The Morgan fingerprint density at radius 1 is 1.40 bits per heavy atom. The molecular weight excluding hydrogens is 376 g/mol. The molecule has 0 radical (unpaired) electrons. The Morgan fingerprint density at radius 3 is 2.80 bits per heavy atom. The van der Waals surface area contributed by atoms with Crippen molar-refractivity contribution in [3.05, 3.63) is 23.8 Å². The second kappa shape index (κ2) is 11.2. The fourth-order valence-corrected chi connectivity index (χ4v) is 4.38. The molecule has 4 heteroatoms. The van der Waals surface area contributed by atoms with Crippen LogP contribution in [0.4, 0.5) is 0 Å². The van der Waals surface area contributed by atoms with Crippen LogP contribution in [0.2, 0.25) is 0 Å². The van der Waals surface area contributed by atoms with Crippen molar-refractivity contribution in [1.82, 2.24) is 0 Å². The van der Waals surface area contributed by atoms with Gasteiger partial charge in [-0.05, 0) is 77.5 Å². The zero-order chi connectivity index (χ0) is 25.9. The topological polar surface area (TPSA) is 66.8 Å². The van der Waals surface area contributed by atoms with Gasteiger partial charge in [-0.1, -0.05) is 30.7 Å². The van der Waals surface area contributed by atoms with Crippen LogP contribution in [0.15, 0.2) is 23.8 Å². The van der Waals surface area contributed by atoms with Gasteiger partial charge >= 0.3 is 5.97 Å². The molecule has 2 rings (SSSR count). The summed E-state index contributed by atoms with van der Waals surface area (Å²) in [5.41, 5.74) is 0.122. The van der Waals surface area contributed by atoms with Crippen LogP contribution in [0.3, 0.4) is 0 Å². The number of hydrogen-bond acceptors (Lipinski definition) is 4. The summed E-state index contributed by atoms with van der Waals surface area (Å²) in [6.45, 7) is 8.57. The Labute approximate surface area is 188 Å². The lowest BCUT2D eigenvalue weighted by atomic mass is 9.89. The number of ether oxygens (including phenoxy) is 1. The summed E-state index contributed by atoms with van der Waals surface area (Å²) in [6, 6.07) is 0. The van der Waals surface area contributed by atoms with Crippen molar-refractivity contribution in [3.8, 4) is 11.8 Å². The standard InChI is InChI=1S/C26H40O4/c1-6-7-10-18(2)23(27)14-13-21-22-16-19(15-20(22)17-24(21)28)11-8-9-12-25(29)30-26(3,4)5/h11,13-14,18,20-24,27-28H,8-10,12,15-17H2,1-5H3/b14-13+,19-11+/t18?,20-,21+,22-,23+,24+/m0/s1/i9D2,12D2.